The van der Waals surface area contributed by atoms with E-state index in [9.17, 15) is 4.79 Å². The predicted molar refractivity (Wildman–Crippen MR) is 68.7 cm³/mol. The molecule has 4 heteroatoms. The van der Waals surface area contributed by atoms with Crippen molar-refractivity contribution in [1.82, 2.24) is 5.32 Å². The van der Waals surface area contributed by atoms with Crippen molar-refractivity contribution in [1.29, 1.82) is 0 Å². The lowest BCUT2D eigenvalue weighted by Crippen LogP contribution is -2.31. The predicted octanol–water partition coefficient (Wildman–Crippen LogP) is 1.35. The van der Waals surface area contributed by atoms with Crippen molar-refractivity contribution >= 4 is 11.6 Å². The number of rotatable bonds is 6. The van der Waals surface area contributed by atoms with Gasteiger partial charge in [-0.3, -0.25) is 4.79 Å². The summed E-state index contributed by atoms with van der Waals surface area (Å²) in [6, 6.07) is 7.58. The van der Waals surface area contributed by atoms with Gasteiger partial charge in [0.1, 0.15) is 0 Å². The van der Waals surface area contributed by atoms with Crippen LogP contribution in [0, 0.1) is 0 Å². The highest BCUT2D eigenvalue weighted by atomic mass is 16.5. The molecule has 1 aromatic rings. The van der Waals surface area contributed by atoms with E-state index in [1.54, 1.807) is 7.11 Å². The standard InChI is InChI=1S/C13H20N2O2/c1-10(17-2)9-15-13(16)8-5-11-3-6-12(14)7-4-11/h3-4,6-7,10H,5,8-9,14H2,1-2H3,(H,15,16). The third kappa shape index (κ3) is 5.36. The van der Waals surface area contributed by atoms with Crippen LogP contribution in [0.15, 0.2) is 24.3 Å². The zero-order valence-corrected chi connectivity index (χ0v) is 10.4. The molecule has 0 aromatic heterocycles. The molecule has 1 aromatic carbocycles. The average molecular weight is 236 g/mol. The second kappa shape index (κ2) is 6.91. The Bertz CT molecular complexity index is 349. The van der Waals surface area contributed by atoms with Crippen LogP contribution in [0.4, 0.5) is 5.69 Å². The Labute approximate surface area is 102 Å². The van der Waals surface area contributed by atoms with Gasteiger partial charge >= 0.3 is 0 Å². The lowest BCUT2D eigenvalue weighted by Gasteiger charge is -2.10. The summed E-state index contributed by atoms with van der Waals surface area (Å²) in [6.07, 6.45) is 1.27. The van der Waals surface area contributed by atoms with Gasteiger partial charge in [0, 0.05) is 25.8 Å². The molecule has 0 aliphatic carbocycles. The molecule has 1 amide bonds. The van der Waals surface area contributed by atoms with Gasteiger partial charge in [-0.2, -0.15) is 0 Å². The van der Waals surface area contributed by atoms with Crippen LogP contribution in [0.2, 0.25) is 0 Å². The van der Waals surface area contributed by atoms with Gasteiger partial charge in [-0.15, -0.1) is 0 Å². The van der Waals surface area contributed by atoms with E-state index in [0.717, 1.165) is 17.7 Å². The van der Waals surface area contributed by atoms with Crippen molar-refractivity contribution in [2.24, 2.45) is 0 Å². The van der Waals surface area contributed by atoms with Crippen LogP contribution in [0.5, 0.6) is 0 Å². The number of carbonyl (C=O) groups is 1. The summed E-state index contributed by atoms with van der Waals surface area (Å²) in [5.74, 6) is 0.0470. The molecule has 4 nitrogen and oxygen atoms in total. The minimum Gasteiger partial charge on any atom is -0.399 e. The fourth-order valence-electron chi connectivity index (χ4n) is 1.37. The zero-order chi connectivity index (χ0) is 12.7. The molecular weight excluding hydrogens is 216 g/mol. The first-order chi connectivity index (χ1) is 8.11. The Kier molecular flexibility index (Phi) is 5.49. The maximum atomic E-state index is 11.5. The molecule has 0 aliphatic rings. The summed E-state index contributed by atoms with van der Waals surface area (Å²) in [5, 5.41) is 2.83. The van der Waals surface area contributed by atoms with E-state index in [2.05, 4.69) is 5.32 Å². The smallest absolute Gasteiger partial charge is 0.220 e. The number of nitrogens with one attached hydrogen (secondary N) is 1. The molecule has 17 heavy (non-hydrogen) atoms. The number of aryl methyl sites for hydroxylation is 1. The molecule has 0 fully saturated rings. The van der Waals surface area contributed by atoms with Gasteiger partial charge in [-0.1, -0.05) is 12.1 Å². The van der Waals surface area contributed by atoms with Crippen molar-refractivity contribution in [3.05, 3.63) is 29.8 Å². The van der Waals surface area contributed by atoms with Crippen LogP contribution in [0.25, 0.3) is 0 Å². The molecule has 1 unspecified atom stereocenters. The molecule has 0 aliphatic heterocycles. The average Bonchev–Trinajstić information content (AvgIpc) is 2.35. The summed E-state index contributed by atoms with van der Waals surface area (Å²) in [4.78, 5) is 11.5. The topological polar surface area (TPSA) is 64.3 Å². The number of amides is 1. The third-order valence-electron chi connectivity index (χ3n) is 2.61. The Morgan fingerprint density at radius 3 is 2.65 bits per heavy atom. The number of carbonyl (C=O) groups excluding carboxylic acids is 1. The van der Waals surface area contributed by atoms with Gasteiger partial charge in [0.2, 0.25) is 5.91 Å². The van der Waals surface area contributed by atoms with E-state index in [4.69, 9.17) is 10.5 Å². The van der Waals surface area contributed by atoms with E-state index >= 15 is 0 Å². The summed E-state index contributed by atoms with van der Waals surface area (Å²) in [5.41, 5.74) is 7.45. The largest absolute Gasteiger partial charge is 0.399 e. The van der Waals surface area contributed by atoms with Crippen molar-refractivity contribution in [2.75, 3.05) is 19.4 Å². The number of nitrogens with two attached hydrogens (primary N) is 1. The van der Waals surface area contributed by atoms with Gasteiger partial charge in [0.05, 0.1) is 6.10 Å². The lowest BCUT2D eigenvalue weighted by atomic mass is 10.1. The second-order valence-electron chi connectivity index (χ2n) is 4.09. The second-order valence-corrected chi connectivity index (χ2v) is 4.09. The first kappa shape index (κ1) is 13.5. The minimum atomic E-state index is 0.0470. The van der Waals surface area contributed by atoms with Crippen molar-refractivity contribution in [2.45, 2.75) is 25.9 Å². The number of benzene rings is 1. The van der Waals surface area contributed by atoms with Crippen LogP contribution in [0.3, 0.4) is 0 Å². The van der Waals surface area contributed by atoms with Crippen LogP contribution >= 0.6 is 0 Å². The SMILES string of the molecule is COC(C)CNC(=O)CCc1ccc(N)cc1. The molecule has 1 rings (SSSR count). The number of hydrogen-bond acceptors (Lipinski definition) is 3. The normalized spacial score (nSPS) is 12.1. The number of ether oxygens (including phenoxy) is 1. The van der Waals surface area contributed by atoms with E-state index in [1.807, 2.05) is 31.2 Å². The van der Waals surface area contributed by atoms with Gasteiger partial charge < -0.3 is 15.8 Å². The van der Waals surface area contributed by atoms with Gasteiger partial charge in [-0.05, 0) is 31.0 Å². The minimum absolute atomic E-state index is 0.0470. The summed E-state index contributed by atoms with van der Waals surface area (Å²) >= 11 is 0. The van der Waals surface area contributed by atoms with E-state index in [0.29, 0.717) is 13.0 Å². The highest BCUT2D eigenvalue weighted by molar-refractivity contribution is 5.76. The molecule has 94 valence electrons. The maximum Gasteiger partial charge on any atom is 0.220 e. The van der Waals surface area contributed by atoms with E-state index < -0.39 is 0 Å². The zero-order valence-electron chi connectivity index (χ0n) is 10.4. The molecular formula is C13H20N2O2. The first-order valence-electron chi connectivity index (χ1n) is 5.75. The van der Waals surface area contributed by atoms with Crippen LogP contribution in [-0.4, -0.2) is 25.7 Å². The van der Waals surface area contributed by atoms with E-state index in [-0.39, 0.29) is 12.0 Å². The number of methoxy groups -OCH3 is 1. The van der Waals surface area contributed by atoms with Crippen LogP contribution in [-0.2, 0) is 16.0 Å². The van der Waals surface area contributed by atoms with Crippen LogP contribution in [0.1, 0.15) is 18.9 Å². The number of nitrogen functional groups attached to an aromatic ring is 1. The summed E-state index contributed by atoms with van der Waals surface area (Å²) in [7, 11) is 1.63. The maximum absolute atomic E-state index is 11.5. The van der Waals surface area contributed by atoms with Crippen molar-refractivity contribution in [3.63, 3.8) is 0 Å². The summed E-state index contributed by atoms with van der Waals surface area (Å²) < 4.78 is 5.05. The molecule has 0 spiro atoms. The third-order valence-corrected chi connectivity index (χ3v) is 2.61. The monoisotopic (exact) mass is 236 g/mol. The fourth-order valence-corrected chi connectivity index (χ4v) is 1.37. The molecule has 0 heterocycles. The molecule has 0 radical (unpaired) electrons. The van der Waals surface area contributed by atoms with Crippen molar-refractivity contribution in [3.8, 4) is 0 Å². The van der Waals surface area contributed by atoms with Gasteiger partial charge in [0.15, 0.2) is 0 Å². The lowest BCUT2D eigenvalue weighted by molar-refractivity contribution is -0.121. The Balaban J connectivity index is 2.26. The van der Waals surface area contributed by atoms with Crippen molar-refractivity contribution < 1.29 is 9.53 Å². The Hall–Kier alpha value is -1.55. The first-order valence-corrected chi connectivity index (χ1v) is 5.75. The Morgan fingerprint density at radius 1 is 1.41 bits per heavy atom. The Morgan fingerprint density at radius 2 is 2.06 bits per heavy atom. The molecule has 3 N–H and O–H groups in total. The fraction of sp³-hybridized carbons (Fsp3) is 0.462. The molecule has 0 saturated heterocycles. The molecule has 0 bridgehead atoms. The highest BCUT2D eigenvalue weighted by Crippen LogP contribution is 2.07. The molecule has 0 saturated carbocycles. The van der Waals surface area contributed by atoms with Crippen LogP contribution < -0.4 is 11.1 Å². The number of hydrogen-bond donors (Lipinski definition) is 2. The van der Waals surface area contributed by atoms with E-state index in [1.165, 1.54) is 0 Å². The molecule has 1 atom stereocenters. The van der Waals surface area contributed by atoms with Gasteiger partial charge in [0.25, 0.3) is 0 Å². The summed E-state index contributed by atoms with van der Waals surface area (Å²) in [6.45, 7) is 2.47. The van der Waals surface area contributed by atoms with Gasteiger partial charge in [-0.25, -0.2) is 0 Å². The quantitative estimate of drug-likeness (QED) is 0.733. The number of anilines is 1. The highest BCUT2D eigenvalue weighted by Gasteiger charge is 2.04.